The highest BCUT2D eigenvalue weighted by Crippen LogP contribution is 2.24. The molecule has 2 rings (SSSR count). The Balaban J connectivity index is 1.68. The van der Waals surface area contributed by atoms with Gasteiger partial charge in [0.15, 0.2) is 0 Å². The average Bonchev–Trinajstić information content (AvgIpc) is 2.90. The first-order chi connectivity index (χ1) is 8.79. The van der Waals surface area contributed by atoms with Crippen LogP contribution in [0.1, 0.15) is 51.4 Å². The summed E-state index contributed by atoms with van der Waals surface area (Å²) in [5.74, 6) is 0.376. The molecule has 4 nitrogen and oxygen atoms in total. The number of aliphatic hydroxyl groups excluding tert-OH is 1. The maximum absolute atomic E-state index is 11.9. The van der Waals surface area contributed by atoms with Gasteiger partial charge in [0, 0.05) is 31.6 Å². The number of ether oxygens (including phenoxy) is 1. The summed E-state index contributed by atoms with van der Waals surface area (Å²) < 4.78 is 5.52. The van der Waals surface area contributed by atoms with Crippen molar-refractivity contribution in [2.24, 2.45) is 5.92 Å². The third kappa shape index (κ3) is 3.95. The van der Waals surface area contributed by atoms with Crippen LogP contribution < -0.4 is 5.32 Å². The van der Waals surface area contributed by atoms with Crippen molar-refractivity contribution in [3.63, 3.8) is 0 Å². The number of aliphatic hydroxyl groups is 1. The minimum Gasteiger partial charge on any atom is -0.396 e. The second-order valence-corrected chi connectivity index (χ2v) is 5.57. The molecule has 4 heteroatoms. The molecule has 1 heterocycles. The molecule has 0 aromatic carbocycles. The largest absolute Gasteiger partial charge is 0.396 e. The van der Waals surface area contributed by atoms with Crippen LogP contribution in [0.4, 0.5) is 0 Å². The Bertz CT molecular complexity index is 264. The van der Waals surface area contributed by atoms with Gasteiger partial charge in [-0.25, -0.2) is 0 Å². The van der Waals surface area contributed by atoms with Crippen molar-refractivity contribution in [1.82, 2.24) is 5.32 Å². The molecule has 104 valence electrons. The van der Waals surface area contributed by atoms with E-state index in [1.165, 1.54) is 6.42 Å². The molecule has 1 saturated carbocycles. The highest BCUT2D eigenvalue weighted by Gasteiger charge is 2.26. The summed E-state index contributed by atoms with van der Waals surface area (Å²) in [5.41, 5.74) is 0. The fourth-order valence-electron chi connectivity index (χ4n) is 3.06. The maximum atomic E-state index is 11.9. The van der Waals surface area contributed by atoms with Gasteiger partial charge in [0.05, 0.1) is 6.10 Å². The van der Waals surface area contributed by atoms with Crippen LogP contribution in [0.3, 0.4) is 0 Å². The fraction of sp³-hybridized carbons (Fsp3) is 0.929. The lowest BCUT2D eigenvalue weighted by Crippen LogP contribution is -2.43. The van der Waals surface area contributed by atoms with E-state index >= 15 is 0 Å². The van der Waals surface area contributed by atoms with Crippen molar-refractivity contribution >= 4 is 5.91 Å². The normalized spacial score (nSPS) is 32.4. The summed E-state index contributed by atoms with van der Waals surface area (Å²) in [5, 5.41) is 12.4. The molecule has 1 amide bonds. The molecular weight excluding hydrogens is 230 g/mol. The van der Waals surface area contributed by atoms with Crippen molar-refractivity contribution < 1.29 is 14.6 Å². The van der Waals surface area contributed by atoms with Crippen molar-refractivity contribution in [3.8, 4) is 0 Å². The predicted molar refractivity (Wildman–Crippen MR) is 69.2 cm³/mol. The van der Waals surface area contributed by atoms with E-state index in [1.54, 1.807) is 0 Å². The standard InChI is InChI=1S/C14H25NO3/c16-10-11-4-1-2-6-13(11)15-14(17)8-7-12-5-3-9-18-12/h11-13,16H,1-10H2,(H,15,17). The van der Waals surface area contributed by atoms with Crippen LogP contribution in [0.2, 0.25) is 0 Å². The van der Waals surface area contributed by atoms with E-state index in [0.29, 0.717) is 6.42 Å². The van der Waals surface area contributed by atoms with Gasteiger partial charge >= 0.3 is 0 Å². The zero-order chi connectivity index (χ0) is 12.8. The van der Waals surface area contributed by atoms with E-state index < -0.39 is 0 Å². The number of rotatable bonds is 5. The fourth-order valence-corrected chi connectivity index (χ4v) is 3.06. The summed E-state index contributed by atoms with van der Waals surface area (Å²) in [6, 6.07) is 0.181. The van der Waals surface area contributed by atoms with Gasteiger partial charge in [0.2, 0.25) is 5.91 Å². The second-order valence-electron chi connectivity index (χ2n) is 5.57. The lowest BCUT2D eigenvalue weighted by molar-refractivity contribution is -0.123. The molecule has 1 aliphatic carbocycles. The first kappa shape index (κ1) is 13.8. The van der Waals surface area contributed by atoms with Crippen molar-refractivity contribution in [2.45, 2.75) is 63.5 Å². The molecule has 1 aliphatic heterocycles. The van der Waals surface area contributed by atoms with E-state index in [0.717, 1.165) is 45.1 Å². The number of hydrogen-bond acceptors (Lipinski definition) is 3. The smallest absolute Gasteiger partial charge is 0.220 e. The van der Waals surface area contributed by atoms with Crippen LogP contribution in [0.25, 0.3) is 0 Å². The lowest BCUT2D eigenvalue weighted by Gasteiger charge is -2.31. The number of amides is 1. The maximum Gasteiger partial charge on any atom is 0.220 e. The first-order valence-electron chi connectivity index (χ1n) is 7.31. The summed E-state index contributed by atoms with van der Waals surface area (Å²) in [6.07, 6.45) is 8.28. The Morgan fingerprint density at radius 3 is 2.78 bits per heavy atom. The van der Waals surface area contributed by atoms with Crippen LogP contribution in [-0.4, -0.2) is 36.4 Å². The second kappa shape index (κ2) is 7.10. The lowest BCUT2D eigenvalue weighted by atomic mass is 9.85. The van der Waals surface area contributed by atoms with Crippen molar-refractivity contribution in [1.29, 1.82) is 0 Å². The highest BCUT2D eigenvalue weighted by atomic mass is 16.5. The Morgan fingerprint density at radius 2 is 2.06 bits per heavy atom. The van der Waals surface area contributed by atoms with Gasteiger partial charge in [-0.15, -0.1) is 0 Å². The highest BCUT2D eigenvalue weighted by molar-refractivity contribution is 5.76. The van der Waals surface area contributed by atoms with Gasteiger partial charge in [0.1, 0.15) is 0 Å². The topological polar surface area (TPSA) is 58.6 Å². The molecule has 3 atom stereocenters. The molecule has 0 aromatic rings. The minimum atomic E-state index is 0.121. The molecule has 0 bridgehead atoms. The van der Waals surface area contributed by atoms with Crippen LogP contribution in [-0.2, 0) is 9.53 Å². The van der Waals surface area contributed by atoms with Gasteiger partial charge in [-0.1, -0.05) is 12.8 Å². The summed E-state index contributed by atoms with van der Waals surface area (Å²) in [7, 11) is 0. The molecule has 0 aromatic heterocycles. The Hall–Kier alpha value is -0.610. The third-order valence-electron chi connectivity index (χ3n) is 4.21. The Labute approximate surface area is 109 Å². The first-order valence-corrected chi connectivity index (χ1v) is 7.31. The van der Waals surface area contributed by atoms with Gasteiger partial charge < -0.3 is 15.2 Å². The monoisotopic (exact) mass is 255 g/mol. The molecule has 2 fully saturated rings. The van der Waals surface area contributed by atoms with Gasteiger partial charge in [-0.05, 0) is 32.1 Å². The molecule has 2 aliphatic rings. The Kier molecular flexibility index (Phi) is 5.45. The van der Waals surface area contributed by atoms with Gasteiger partial charge in [-0.3, -0.25) is 4.79 Å². The molecule has 3 unspecified atom stereocenters. The third-order valence-corrected chi connectivity index (χ3v) is 4.21. The molecule has 0 spiro atoms. The van der Waals surface area contributed by atoms with Crippen LogP contribution >= 0.6 is 0 Å². The zero-order valence-electron chi connectivity index (χ0n) is 11.1. The number of nitrogens with one attached hydrogen (secondary N) is 1. The van der Waals surface area contributed by atoms with Crippen LogP contribution in [0.15, 0.2) is 0 Å². The summed E-state index contributed by atoms with van der Waals surface area (Å²) >= 11 is 0. The van der Waals surface area contributed by atoms with E-state index in [-0.39, 0.29) is 30.6 Å². The number of carbonyl (C=O) groups is 1. The van der Waals surface area contributed by atoms with Crippen molar-refractivity contribution in [3.05, 3.63) is 0 Å². The molecule has 2 N–H and O–H groups in total. The summed E-state index contributed by atoms with van der Waals surface area (Å²) in [6.45, 7) is 1.04. The molecule has 18 heavy (non-hydrogen) atoms. The van der Waals surface area contributed by atoms with E-state index in [1.807, 2.05) is 0 Å². The zero-order valence-corrected chi connectivity index (χ0v) is 11.1. The number of carbonyl (C=O) groups excluding carboxylic acids is 1. The quantitative estimate of drug-likeness (QED) is 0.784. The van der Waals surface area contributed by atoms with Crippen LogP contribution in [0, 0.1) is 5.92 Å². The van der Waals surface area contributed by atoms with Gasteiger partial charge in [0.25, 0.3) is 0 Å². The predicted octanol–water partition coefficient (Wildman–Crippen LogP) is 1.61. The minimum absolute atomic E-state index is 0.121. The molecular formula is C14H25NO3. The van der Waals surface area contributed by atoms with E-state index in [9.17, 15) is 9.90 Å². The number of hydrogen-bond donors (Lipinski definition) is 2. The van der Waals surface area contributed by atoms with E-state index in [4.69, 9.17) is 4.74 Å². The van der Waals surface area contributed by atoms with Crippen LogP contribution in [0.5, 0.6) is 0 Å². The Morgan fingerprint density at radius 1 is 1.22 bits per heavy atom. The SMILES string of the molecule is O=C(CCC1CCCO1)NC1CCCCC1CO. The molecule has 1 saturated heterocycles. The molecule has 0 radical (unpaired) electrons. The van der Waals surface area contributed by atoms with E-state index in [2.05, 4.69) is 5.32 Å². The average molecular weight is 255 g/mol. The summed E-state index contributed by atoms with van der Waals surface area (Å²) in [4.78, 5) is 11.9. The van der Waals surface area contributed by atoms with Gasteiger partial charge in [-0.2, -0.15) is 0 Å². The van der Waals surface area contributed by atoms with Crippen molar-refractivity contribution in [2.75, 3.05) is 13.2 Å².